The minimum absolute atomic E-state index is 0.0417. The summed E-state index contributed by atoms with van der Waals surface area (Å²) in [7, 11) is 0. The van der Waals surface area contributed by atoms with Crippen LogP contribution in [0.15, 0.2) is 42.9 Å². The van der Waals surface area contributed by atoms with Crippen LogP contribution in [0.2, 0.25) is 0 Å². The highest BCUT2D eigenvalue weighted by Gasteiger charge is 2.26. The lowest BCUT2D eigenvalue weighted by Crippen LogP contribution is -2.20. The molecule has 0 bridgehead atoms. The van der Waals surface area contributed by atoms with Crippen LogP contribution in [-0.4, -0.2) is 30.7 Å². The van der Waals surface area contributed by atoms with Crippen molar-refractivity contribution < 1.29 is 4.79 Å². The minimum atomic E-state index is -0.482. The smallest absolute Gasteiger partial charge is 0.171 e. The second-order valence-corrected chi connectivity index (χ2v) is 7.73. The zero-order valence-electron chi connectivity index (χ0n) is 15.8. The van der Waals surface area contributed by atoms with Gasteiger partial charge in [-0.05, 0) is 13.0 Å². The quantitative estimate of drug-likeness (QED) is 0.525. The van der Waals surface area contributed by atoms with Gasteiger partial charge in [0.15, 0.2) is 11.4 Å². The van der Waals surface area contributed by atoms with Crippen LogP contribution >= 0.6 is 0 Å². The standard InChI is InChI=1S/C21H21N5O/c1-12-9-22-19(25-12)14-7-5-6-13(8-14)16-11-24-20-17(26-16)15(10-23-20)18(27)21(2,3)4/h5-11H,1-4H3,(H,22,25)(H,23,24). The molecule has 6 nitrogen and oxygen atoms in total. The number of carbonyl (C=O) groups is 1. The van der Waals surface area contributed by atoms with Gasteiger partial charge in [0.2, 0.25) is 0 Å². The maximum absolute atomic E-state index is 12.7. The van der Waals surface area contributed by atoms with Gasteiger partial charge in [-0.15, -0.1) is 0 Å². The molecule has 1 aromatic carbocycles. The number of aromatic nitrogens is 5. The second kappa shape index (κ2) is 6.16. The van der Waals surface area contributed by atoms with Crippen molar-refractivity contribution in [1.29, 1.82) is 0 Å². The summed E-state index contributed by atoms with van der Waals surface area (Å²) in [5.74, 6) is 0.855. The number of H-pyrrole nitrogens is 2. The highest BCUT2D eigenvalue weighted by atomic mass is 16.1. The fourth-order valence-corrected chi connectivity index (χ4v) is 2.99. The van der Waals surface area contributed by atoms with Gasteiger partial charge in [-0.3, -0.25) is 4.79 Å². The van der Waals surface area contributed by atoms with Crippen LogP contribution in [0.25, 0.3) is 33.8 Å². The lowest BCUT2D eigenvalue weighted by atomic mass is 9.87. The molecule has 0 radical (unpaired) electrons. The summed E-state index contributed by atoms with van der Waals surface area (Å²) in [6.45, 7) is 7.68. The molecule has 0 saturated heterocycles. The van der Waals surface area contributed by atoms with Crippen LogP contribution in [0, 0.1) is 12.3 Å². The van der Waals surface area contributed by atoms with Crippen LogP contribution in [-0.2, 0) is 0 Å². The predicted molar refractivity (Wildman–Crippen MR) is 105 cm³/mol. The first-order chi connectivity index (χ1) is 12.8. The molecule has 0 aliphatic rings. The molecule has 0 aliphatic carbocycles. The first-order valence-corrected chi connectivity index (χ1v) is 8.84. The summed E-state index contributed by atoms with van der Waals surface area (Å²) >= 11 is 0. The summed E-state index contributed by atoms with van der Waals surface area (Å²) in [5, 5.41) is 0. The largest absolute Gasteiger partial charge is 0.344 e. The van der Waals surface area contributed by atoms with Gasteiger partial charge >= 0.3 is 0 Å². The first-order valence-electron chi connectivity index (χ1n) is 8.84. The molecule has 0 fully saturated rings. The van der Waals surface area contributed by atoms with E-state index >= 15 is 0 Å². The Morgan fingerprint density at radius 2 is 1.85 bits per heavy atom. The monoisotopic (exact) mass is 359 g/mol. The Morgan fingerprint density at radius 3 is 2.56 bits per heavy atom. The van der Waals surface area contributed by atoms with Crippen molar-refractivity contribution in [3.8, 4) is 22.6 Å². The Hall–Kier alpha value is -3.28. The number of imidazole rings is 1. The third kappa shape index (κ3) is 3.14. The van der Waals surface area contributed by atoms with Crippen molar-refractivity contribution in [3.05, 3.63) is 54.1 Å². The SMILES string of the molecule is Cc1cnc(-c2cccc(-c3cnc4[nH]cc(C(=O)C(C)(C)C)c4n3)c2)[nH]1. The van der Waals surface area contributed by atoms with E-state index in [0.717, 1.165) is 28.3 Å². The Morgan fingerprint density at radius 1 is 1.07 bits per heavy atom. The number of nitrogens with zero attached hydrogens (tertiary/aromatic N) is 3. The van der Waals surface area contributed by atoms with Gasteiger partial charge in [0.1, 0.15) is 11.3 Å². The zero-order valence-corrected chi connectivity index (χ0v) is 15.8. The molecule has 0 aliphatic heterocycles. The minimum Gasteiger partial charge on any atom is -0.344 e. The predicted octanol–water partition coefficient (Wildman–Crippen LogP) is 4.55. The molecule has 0 amide bonds. The number of aromatic amines is 2. The summed E-state index contributed by atoms with van der Waals surface area (Å²) < 4.78 is 0. The number of hydrogen-bond donors (Lipinski definition) is 2. The molecule has 136 valence electrons. The van der Waals surface area contributed by atoms with E-state index in [0.29, 0.717) is 16.7 Å². The average Bonchev–Trinajstić information content (AvgIpc) is 3.26. The van der Waals surface area contributed by atoms with Crippen molar-refractivity contribution in [2.45, 2.75) is 27.7 Å². The Labute approximate surface area is 157 Å². The first kappa shape index (κ1) is 17.1. The summed E-state index contributed by atoms with van der Waals surface area (Å²) in [6.07, 6.45) is 5.22. The van der Waals surface area contributed by atoms with E-state index in [2.05, 4.69) is 19.9 Å². The van der Waals surface area contributed by atoms with E-state index in [1.165, 1.54) is 0 Å². The molecule has 0 unspecified atom stereocenters. The van der Waals surface area contributed by atoms with Gasteiger partial charge < -0.3 is 9.97 Å². The fraction of sp³-hybridized carbons (Fsp3) is 0.238. The van der Waals surface area contributed by atoms with Crippen LogP contribution in [0.1, 0.15) is 36.8 Å². The molecule has 6 heteroatoms. The van der Waals surface area contributed by atoms with Crippen molar-refractivity contribution in [2.75, 3.05) is 0 Å². The number of hydrogen-bond acceptors (Lipinski definition) is 4. The Bertz CT molecular complexity index is 1150. The maximum atomic E-state index is 12.7. The molecule has 0 spiro atoms. The van der Waals surface area contributed by atoms with E-state index in [1.807, 2.05) is 52.0 Å². The van der Waals surface area contributed by atoms with Gasteiger partial charge in [-0.2, -0.15) is 0 Å². The van der Waals surface area contributed by atoms with Crippen molar-refractivity contribution >= 4 is 16.9 Å². The van der Waals surface area contributed by atoms with E-state index in [9.17, 15) is 4.79 Å². The normalized spacial score (nSPS) is 11.9. The molecule has 0 saturated carbocycles. The van der Waals surface area contributed by atoms with Crippen molar-refractivity contribution in [1.82, 2.24) is 24.9 Å². The van der Waals surface area contributed by atoms with Crippen molar-refractivity contribution in [2.24, 2.45) is 5.41 Å². The van der Waals surface area contributed by atoms with Crippen molar-refractivity contribution in [3.63, 3.8) is 0 Å². The maximum Gasteiger partial charge on any atom is 0.171 e. The molecule has 2 N–H and O–H groups in total. The molecule has 4 aromatic rings. The summed E-state index contributed by atoms with van der Waals surface area (Å²) in [5.41, 5.74) is 4.93. The average molecular weight is 359 g/mol. The second-order valence-electron chi connectivity index (χ2n) is 7.73. The van der Waals surface area contributed by atoms with Crippen LogP contribution in [0.4, 0.5) is 0 Å². The van der Waals surface area contributed by atoms with Gasteiger partial charge in [-0.25, -0.2) is 15.0 Å². The van der Waals surface area contributed by atoms with Crippen LogP contribution in [0.5, 0.6) is 0 Å². The number of rotatable bonds is 3. The topological polar surface area (TPSA) is 87.3 Å². The van der Waals surface area contributed by atoms with Gasteiger partial charge in [0.05, 0.1) is 17.5 Å². The zero-order chi connectivity index (χ0) is 19.2. The van der Waals surface area contributed by atoms with Crippen LogP contribution < -0.4 is 0 Å². The fourth-order valence-electron chi connectivity index (χ4n) is 2.99. The number of benzene rings is 1. The third-order valence-electron chi connectivity index (χ3n) is 4.44. The highest BCUT2D eigenvalue weighted by molar-refractivity contribution is 6.08. The molecule has 0 atom stereocenters. The number of Topliss-reactive ketones (excluding diaryl/α,β-unsaturated/α-hetero) is 1. The van der Waals surface area contributed by atoms with E-state index in [4.69, 9.17) is 4.98 Å². The highest BCUT2D eigenvalue weighted by Crippen LogP contribution is 2.28. The summed E-state index contributed by atoms with van der Waals surface area (Å²) in [6, 6.07) is 7.96. The van der Waals surface area contributed by atoms with E-state index in [1.54, 1.807) is 18.6 Å². The Kier molecular flexibility index (Phi) is 3.91. The number of aryl methyl sites for hydroxylation is 1. The molecule has 3 aromatic heterocycles. The number of carbonyl (C=O) groups excluding carboxylic acids is 1. The number of ketones is 1. The lowest BCUT2D eigenvalue weighted by molar-refractivity contribution is 0.0860. The lowest BCUT2D eigenvalue weighted by Gasteiger charge is -2.15. The number of nitrogens with one attached hydrogen (secondary N) is 2. The third-order valence-corrected chi connectivity index (χ3v) is 4.44. The molecule has 4 rings (SSSR count). The van der Waals surface area contributed by atoms with Crippen LogP contribution in [0.3, 0.4) is 0 Å². The van der Waals surface area contributed by atoms with Gasteiger partial charge in [0, 0.05) is 34.6 Å². The molecule has 27 heavy (non-hydrogen) atoms. The molecular weight excluding hydrogens is 338 g/mol. The van der Waals surface area contributed by atoms with Gasteiger partial charge in [-0.1, -0.05) is 39.0 Å². The van der Waals surface area contributed by atoms with E-state index in [-0.39, 0.29) is 5.78 Å². The molecule has 3 heterocycles. The van der Waals surface area contributed by atoms with E-state index < -0.39 is 5.41 Å². The molecular formula is C21H21N5O. The van der Waals surface area contributed by atoms with Gasteiger partial charge in [0.25, 0.3) is 0 Å². The summed E-state index contributed by atoms with van der Waals surface area (Å²) in [4.78, 5) is 32.6. The Balaban J connectivity index is 1.80. The number of fused-ring (bicyclic) bond motifs is 1.